The maximum absolute atomic E-state index is 12.1. The predicted octanol–water partition coefficient (Wildman–Crippen LogP) is 3.58. The Morgan fingerprint density at radius 2 is 1.95 bits per heavy atom. The fourth-order valence-electron chi connectivity index (χ4n) is 2.82. The van der Waals surface area contributed by atoms with Crippen LogP contribution in [0.5, 0.6) is 0 Å². The number of benzene rings is 2. The van der Waals surface area contributed by atoms with Gasteiger partial charge < -0.3 is 5.32 Å². The molecule has 0 unspecified atom stereocenters. The molecule has 1 atom stereocenters. The number of sulfone groups is 1. The highest BCUT2D eigenvalue weighted by atomic mass is 32.2. The van der Waals surface area contributed by atoms with Crippen LogP contribution in [0.25, 0.3) is 0 Å². The lowest BCUT2D eigenvalue weighted by Gasteiger charge is -2.27. The van der Waals surface area contributed by atoms with Crippen molar-refractivity contribution >= 4 is 15.5 Å². The van der Waals surface area contributed by atoms with Gasteiger partial charge >= 0.3 is 0 Å². The van der Waals surface area contributed by atoms with E-state index in [0.717, 1.165) is 17.7 Å². The number of rotatable bonds is 3. The largest absolute Gasteiger partial charge is 0.378 e. The molecule has 0 bridgehead atoms. The van der Waals surface area contributed by atoms with Crippen LogP contribution >= 0.6 is 0 Å². The Labute approximate surface area is 125 Å². The molecular formula is C17H19NO2S. The number of hydrogen-bond acceptors (Lipinski definition) is 3. The summed E-state index contributed by atoms with van der Waals surface area (Å²) in [6.07, 6.45) is 1.60. The quantitative estimate of drug-likeness (QED) is 0.942. The van der Waals surface area contributed by atoms with Crippen molar-refractivity contribution in [1.82, 2.24) is 0 Å². The van der Waals surface area contributed by atoms with Crippen molar-refractivity contribution in [3.8, 4) is 0 Å². The third kappa shape index (κ3) is 2.81. The SMILES string of the molecule is CCc1cccc(N[C@H]2CCS(=O)(=O)c3ccccc32)c1. The molecule has 0 fully saturated rings. The zero-order chi connectivity index (χ0) is 14.9. The van der Waals surface area contributed by atoms with Gasteiger partial charge in [-0.25, -0.2) is 8.42 Å². The summed E-state index contributed by atoms with van der Waals surface area (Å²) in [7, 11) is -3.12. The Bertz CT molecular complexity index is 753. The standard InChI is InChI=1S/C17H19NO2S/c1-2-13-6-5-7-14(12-13)18-16-10-11-21(19,20)17-9-4-3-8-15(16)17/h3-9,12,16,18H,2,10-11H2,1H3/t16-/m0/s1. The van der Waals surface area contributed by atoms with E-state index in [9.17, 15) is 8.42 Å². The summed E-state index contributed by atoms with van der Waals surface area (Å²) in [6.45, 7) is 2.13. The highest BCUT2D eigenvalue weighted by molar-refractivity contribution is 7.91. The normalized spacial score (nSPS) is 19.8. The second-order valence-corrected chi connectivity index (χ2v) is 7.47. The average Bonchev–Trinajstić information content (AvgIpc) is 2.51. The molecular weight excluding hydrogens is 282 g/mol. The molecule has 0 spiro atoms. The first-order valence-electron chi connectivity index (χ1n) is 7.27. The monoisotopic (exact) mass is 301 g/mol. The molecule has 3 rings (SSSR count). The van der Waals surface area contributed by atoms with E-state index in [2.05, 4.69) is 24.4 Å². The summed E-state index contributed by atoms with van der Waals surface area (Å²) < 4.78 is 24.3. The van der Waals surface area contributed by atoms with Crippen LogP contribution in [-0.4, -0.2) is 14.2 Å². The summed E-state index contributed by atoms with van der Waals surface area (Å²) in [5, 5.41) is 3.49. The Kier molecular flexibility index (Phi) is 3.72. The summed E-state index contributed by atoms with van der Waals surface area (Å²) in [5.41, 5.74) is 3.20. The van der Waals surface area contributed by atoms with Gasteiger partial charge in [-0.3, -0.25) is 0 Å². The zero-order valence-electron chi connectivity index (χ0n) is 12.0. The van der Waals surface area contributed by atoms with Gasteiger partial charge in [0.25, 0.3) is 0 Å². The van der Waals surface area contributed by atoms with E-state index in [-0.39, 0.29) is 11.8 Å². The van der Waals surface area contributed by atoms with Gasteiger partial charge in [-0.2, -0.15) is 0 Å². The minimum Gasteiger partial charge on any atom is -0.378 e. The molecule has 1 heterocycles. The number of hydrogen-bond donors (Lipinski definition) is 1. The molecule has 0 aromatic heterocycles. The van der Waals surface area contributed by atoms with Crippen LogP contribution in [-0.2, 0) is 16.3 Å². The van der Waals surface area contributed by atoms with Gasteiger partial charge in [0.15, 0.2) is 9.84 Å². The van der Waals surface area contributed by atoms with E-state index < -0.39 is 9.84 Å². The van der Waals surface area contributed by atoms with Crippen molar-refractivity contribution in [2.45, 2.75) is 30.7 Å². The molecule has 110 valence electrons. The summed E-state index contributed by atoms with van der Waals surface area (Å²) in [4.78, 5) is 0.473. The second kappa shape index (κ2) is 5.53. The van der Waals surface area contributed by atoms with Crippen LogP contribution in [0.1, 0.15) is 30.5 Å². The lowest BCUT2D eigenvalue weighted by atomic mass is 10.0. The van der Waals surface area contributed by atoms with Crippen molar-refractivity contribution in [1.29, 1.82) is 0 Å². The van der Waals surface area contributed by atoms with Crippen LogP contribution in [0, 0.1) is 0 Å². The van der Waals surface area contributed by atoms with Crippen LogP contribution in [0.4, 0.5) is 5.69 Å². The van der Waals surface area contributed by atoms with Crippen LogP contribution in [0.2, 0.25) is 0 Å². The van der Waals surface area contributed by atoms with Gasteiger partial charge in [0.2, 0.25) is 0 Å². The third-order valence-electron chi connectivity index (χ3n) is 3.98. The highest BCUT2D eigenvalue weighted by Crippen LogP contribution is 2.34. The molecule has 0 saturated heterocycles. The van der Waals surface area contributed by atoms with Gasteiger partial charge in [-0.05, 0) is 42.2 Å². The molecule has 0 aliphatic carbocycles. The van der Waals surface area contributed by atoms with E-state index in [4.69, 9.17) is 0 Å². The fraction of sp³-hybridized carbons (Fsp3) is 0.294. The van der Waals surface area contributed by atoms with Crippen molar-refractivity contribution in [2.75, 3.05) is 11.1 Å². The molecule has 2 aromatic carbocycles. The maximum atomic E-state index is 12.1. The topological polar surface area (TPSA) is 46.2 Å². The molecule has 4 heteroatoms. The Balaban J connectivity index is 1.93. The fourth-order valence-corrected chi connectivity index (χ4v) is 4.44. The molecule has 0 amide bonds. The number of anilines is 1. The molecule has 1 aliphatic heterocycles. The van der Waals surface area contributed by atoms with Crippen molar-refractivity contribution in [2.24, 2.45) is 0 Å². The first-order chi connectivity index (χ1) is 10.1. The maximum Gasteiger partial charge on any atom is 0.178 e. The van der Waals surface area contributed by atoms with E-state index in [1.165, 1.54) is 5.56 Å². The third-order valence-corrected chi connectivity index (χ3v) is 5.80. The van der Waals surface area contributed by atoms with Gasteiger partial charge in [0.1, 0.15) is 0 Å². The molecule has 21 heavy (non-hydrogen) atoms. The molecule has 0 radical (unpaired) electrons. The molecule has 1 N–H and O–H groups in total. The van der Waals surface area contributed by atoms with Crippen molar-refractivity contribution in [3.05, 3.63) is 59.7 Å². The van der Waals surface area contributed by atoms with Gasteiger partial charge in [-0.1, -0.05) is 37.3 Å². The smallest absolute Gasteiger partial charge is 0.178 e. The predicted molar refractivity (Wildman–Crippen MR) is 85.3 cm³/mol. The summed E-state index contributed by atoms with van der Waals surface area (Å²) in [5.74, 6) is 0.204. The molecule has 2 aromatic rings. The van der Waals surface area contributed by atoms with Crippen molar-refractivity contribution in [3.63, 3.8) is 0 Å². The van der Waals surface area contributed by atoms with Gasteiger partial charge in [0, 0.05) is 5.69 Å². The molecule has 3 nitrogen and oxygen atoms in total. The number of nitrogens with one attached hydrogen (secondary N) is 1. The van der Waals surface area contributed by atoms with E-state index in [1.807, 2.05) is 24.3 Å². The first-order valence-corrected chi connectivity index (χ1v) is 8.92. The highest BCUT2D eigenvalue weighted by Gasteiger charge is 2.29. The Morgan fingerprint density at radius 3 is 2.76 bits per heavy atom. The molecule has 0 saturated carbocycles. The summed E-state index contributed by atoms with van der Waals surface area (Å²) in [6, 6.07) is 15.7. The van der Waals surface area contributed by atoms with Gasteiger partial charge in [0.05, 0.1) is 16.7 Å². The lowest BCUT2D eigenvalue weighted by Crippen LogP contribution is -2.24. The molecule has 1 aliphatic rings. The van der Waals surface area contributed by atoms with Crippen LogP contribution in [0.3, 0.4) is 0 Å². The lowest BCUT2D eigenvalue weighted by molar-refractivity contribution is 0.576. The zero-order valence-corrected chi connectivity index (χ0v) is 12.9. The first kappa shape index (κ1) is 14.1. The van der Waals surface area contributed by atoms with E-state index >= 15 is 0 Å². The average molecular weight is 301 g/mol. The number of aryl methyl sites for hydroxylation is 1. The minimum absolute atomic E-state index is 0.0526. The minimum atomic E-state index is -3.12. The van der Waals surface area contributed by atoms with Crippen LogP contribution in [0.15, 0.2) is 53.4 Å². The summed E-state index contributed by atoms with van der Waals surface area (Å²) >= 11 is 0. The number of fused-ring (bicyclic) bond motifs is 1. The van der Waals surface area contributed by atoms with Gasteiger partial charge in [-0.15, -0.1) is 0 Å². The van der Waals surface area contributed by atoms with E-state index in [1.54, 1.807) is 12.1 Å². The van der Waals surface area contributed by atoms with Crippen LogP contribution < -0.4 is 5.32 Å². The van der Waals surface area contributed by atoms with Crippen molar-refractivity contribution < 1.29 is 8.42 Å². The second-order valence-electron chi connectivity index (χ2n) is 5.40. The van der Waals surface area contributed by atoms with E-state index in [0.29, 0.717) is 11.3 Å². The Morgan fingerprint density at radius 1 is 1.14 bits per heavy atom. The Hall–Kier alpha value is -1.81.